The summed E-state index contributed by atoms with van der Waals surface area (Å²) >= 11 is 0. The van der Waals surface area contributed by atoms with Crippen LogP contribution in [0.25, 0.3) is 0 Å². The van der Waals surface area contributed by atoms with E-state index in [9.17, 15) is 43.2 Å². The highest BCUT2D eigenvalue weighted by Crippen LogP contribution is 2.45. The topological polar surface area (TPSA) is 237 Å². The minimum absolute atomic E-state index is 0.105. The summed E-state index contributed by atoms with van der Waals surface area (Å²) in [5.41, 5.74) is 0. The van der Waals surface area contributed by atoms with Gasteiger partial charge in [0.15, 0.2) is 12.2 Å². The normalized spacial score (nSPS) is 14.2. The molecule has 2 unspecified atom stereocenters. The lowest BCUT2D eigenvalue weighted by Crippen LogP contribution is -2.30. The van der Waals surface area contributed by atoms with Crippen molar-refractivity contribution in [2.75, 3.05) is 39.6 Å². The van der Waals surface area contributed by atoms with Gasteiger partial charge in [0.25, 0.3) is 0 Å². The van der Waals surface area contributed by atoms with Gasteiger partial charge in [-0.3, -0.25) is 37.3 Å². The van der Waals surface area contributed by atoms with Gasteiger partial charge in [-0.15, -0.1) is 0 Å². The molecule has 81 heavy (non-hydrogen) atoms. The van der Waals surface area contributed by atoms with Crippen molar-refractivity contribution in [3.05, 3.63) is 0 Å². The fraction of sp³-hybridized carbons (Fsp3) is 0.935. The molecular formula is C62H120O17P2. The molecule has 0 spiro atoms. The number of aliphatic hydroxyl groups excluding tert-OH is 1. The summed E-state index contributed by atoms with van der Waals surface area (Å²) in [5.74, 6) is -2.14. The van der Waals surface area contributed by atoms with Crippen molar-refractivity contribution in [2.24, 2.45) is 0 Å². The number of carbonyl (C=O) groups excluding carboxylic acids is 4. The number of phosphoric acid groups is 2. The Morgan fingerprint density at radius 2 is 0.494 bits per heavy atom. The summed E-state index contributed by atoms with van der Waals surface area (Å²) in [6.07, 6.45) is 41.9. The standard InChI is InChI=1S/C62H120O17P2/c1-5-9-13-17-21-25-26-27-28-29-30-31-32-33-37-41-45-49-62(67)79-58(53-73-60(65)47-43-39-35-23-19-15-11-7-3)55-77-81(70,71)75-51-56(63)50-74-80(68,69)76-54-57(78-61(66)48-44-40-36-24-20-16-12-8-4)52-72-59(64)46-42-38-34-22-18-14-10-6-2/h56-58,63H,5-55H2,1-4H3,(H,68,69)(H,70,71)/t56-,57+,58+/m0/s1. The first-order valence-corrected chi connectivity index (χ1v) is 35.8. The first-order chi connectivity index (χ1) is 39.2. The van der Waals surface area contributed by atoms with Crippen molar-refractivity contribution in [3.8, 4) is 0 Å². The molecule has 0 heterocycles. The third kappa shape index (κ3) is 56.9. The Bertz CT molecular complexity index is 1570. The van der Waals surface area contributed by atoms with Gasteiger partial charge in [0.05, 0.1) is 26.4 Å². The van der Waals surface area contributed by atoms with Gasteiger partial charge in [0, 0.05) is 25.7 Å². The number of esters is 4. The molecule has 0 aromatic rings. The van der Waals surface area contributed by atoms with E-state index in [0.29, 0.717) is 25.7 Å². The molecule has 480 valence electrons. The van der Waals surface area contributed by atoms with Crippen LogP contribution in [0.15, 0.2) is 0 Å². The highest BCUT2D eigenvalue weighted by molar-refractivity contribution is 7.47. The molecule has 0 aromatic heterocycles. The van der Waals surface area contributed by atoms with Crippen LogP contribution in [0.3, 0.4) is 0 Å². The summed E-state index contributed by atoms with van der Waals surface area (Å²) in [6.45, 7) is 4.80. The molecule has 5 atom stereocenters. The van der Waals surface area contributed by atoms with Crippen LogP contribution >= 0.6 is 15.6 Å². The first-order valence-electron chi connectivity index (χ1n) is 32.8. The van der Waals surface area contributed by atoms with Crippen molar-refractivity contribution in [2.45, 2.75) is 335 Å². The summed E-state index contributed by atoms with van der Waals surface area (Å²) < 4.78 is 67.7. The van der Waals surface area contributed by atoms with Gasteiger partial charge in [-0.25, -0.2) is 9.13 Å². The molecule has 0 aliphatic carbocycles. The molecule has 0 saturated heterocycles. The Morgan fingerprint density at radius 1 is 0.296 bits per heavy atom. The fourth-order valence-corrected chi connectivity index (χ4v) is 10.9. The Kier molecular flexibility index (Phi) is 55.8. The Labute approximate surface area is 492 Å². The highest BCUT2D eigenvalue weighted by atomic mass is 31.2. The number of unbranched alkanes of at least 4 members (excludes halogenated alkanes) is 37. The summed E-state index contributed by atoms with van der Waals surface area (Å²) in [7, 11) is -9.87. The van der Waals surface area contributed by atoms with Crippen molar-refractivity contribution in [1.29, 1.82) is 0 Å². The lowest BCUT2D eigenvalue weighted by Gasteiger charge is -2.21. The zero-order valence-electron chi connectivity index (χ0n) is 51.7. The van der Waals surface area contributed by atoms with E-state index in [0.717, 1.165) is 109 Å². The molecule has 0 rings (SSSR count). The van der Waals surface area contributed by atoms with Gasteiger partial charge in [-0.05, 0) is 25.7 Å². The molecule has 0 amide bonds. The predicted octanol–water partition coefficient (Wildman–Crippen LogP) is 17.2. The zero-order chi connectivity index (χ0) is 59.8. The lowest BCUT2D eigenvalue weighted by molar-refractivity contribution is -0.161. The molecule has 0 aliphatic heterocycles. The average molecular weight is 1200 g/mol. The number of carbonyl (C=O) groups is 4. The van der Waals surface area contributed by atoms with E-state index in [2.05, 4.69) is 27.7 Å². The number of hydrogen-bond donors (Lipinski definition) is 3. The Morgan fingerprint density at radius 3 is 0.728 bits per heavy atom. The average Bonchev–Trinajstić information content (AvgIpc) is 3.44. The van der Waals surface area contributed by atoms with Crippen LogP contribution in [0.4, 0.5) is 0 Å². The van der Waals surface area contributed by atoms with Crippen molar-refractivity contribution in [3.63, 3.8) is 0 Å². The van der Waals surface area contributed by atoms with E-state index in [1.54, 1.807) is 0 Å². The van der Waals surface area contributed by atoms with Crippen LogP contribution in [0, 0.1) is 0 Å². The molecular weight excluding hydrogens is 1080 g/mol. The molecule has 0 aliphatic rings. The van der Waals surface area contributed by atoms with Crippen molar-refractivity contribution >= 4 is 39.5 Å². The van der Waals surface area contributed by atoms with E-state index in [1.165, 1.54) is 128 Å². The van der Waals surface area contributed by atoms with E-state index in [-0.39, 0.29) is 25.7 Å². The van der Waals surface area contributed by atoms with Crippen LogP contribution < -0.4 is 0 Å². The number of phosphoric ester groups is 2. The van der Waals surface area contributed by atoms with Crippen LogP contribution in [0.5, 0.6) is 0 Å². The van der Waals surface area contributed by atoms with Crippen molar-refractivity contribution < 1.29 is 80.2 Å². The highest BCUT2D eigenvalue weighted by Gasteiger charge is 2.30. The molecule has 0 radical (unpaired) electrons. The predicted molar refractivity (Wildman–Crippen MR) is 322 cm³/mol. The van der Waals surface area contributed by atoms with E-state index in [4.69, 9.17) is 37.0 Å². The smallest absolute Gasteiger partial charge is 0.462 e. The minimum Gasteiger partial charge on any atom is -0.462 e. The largest absolute Gasteiger partial charge is 0.472 e. The second-order valence-corrected chi connectivity index (χ2v) is 25.4. The van der Waals surface area contributed by atoms with Gasteiger partial charge in [0.2, 0.25) is 0 Å². The molecule has 19 heteroatoms. The Hall–Kier alpha value is -1.94. The van der Waals surface area contributed by atoms with Gasteiger partial charge < -0.3 is 33.8 Å². The van der Waals surface area contributed by atoms with Crippen LogP contribution in [0.2, 0.25) is 0 Å². The SMILES string of the molecule is CCCCCCCCCCCCCCCCCCCC(=O)O[C@H](COC(=O)CCCCCCCCCC)COP(=O)(O)OC[C@@H](O)COP(=O)(O)OC[C@@H](COC(=O)CCCCCCCCCC)OC(=O)CCCCCCCCCC. The fourth-order valence-electron chi connectivity index (χ4n) is 9.28. The van der Waals surface area contributed by atoms with Crippen LogP contribution in [-0.4, -0.2) is 96.7 Å². The third-order valence-corrected chi connectivity index (χ3v) is 16.3. The quantitative estimate of drug-likeness (QED) is 0.0222. The lowest BCUT2D eigenvalue weighted by atomic mass is 10.0. The van der Waals surface area contributed by atoms with Crippen LogP contribution in [0.1, 0.15) is 317 Å². The number of aliphatic hydroxyl groups is 1. The maximum Gasteiger partial charge on any atom is 0.472 e. The van der Waals surface area contributed by atoms with E-state index >= 15 is 0 Å². The van der Waals surface area contributed by atoms with Gasteiger partial charge in [0.1, 0.15) is 19.3 Å². The maximum atomic E-state index is 12.9. The van der Waals surface area contributed by atoms with Crippen LogP contribution in [-0.2, 0) is 65.4 Å². The summed E-state index contributed by atoms with van der Waals surface area (Å²) in [6, 6.07) is 0. The molecule has 3 N–H and O–H groups in total. The third-order valence-electron chi connectivity index (χ3n) is 14.4. The van der Waals surface area contributed by atoms with Crippen molar-refractivity contribution in [1.82, 2.24) is 0 Å². The molecule has 0 aromatic carbocycles. The van der Waals surface area contributed by atoms with E-state index in [1.807, 2.05) is 0 Å². The summed E-state index contributed by atoms with van der Waals surface area (Å²) in [5, 5.41) is 10.5. The first kappa shape index (κ1) is 79.1. The van der Waals surface area contributed by atoms with E-state index < -0.39 is 97.5 Å². The van der Waals surface area contributed by atoms with Gasteiger partial charge in [-0.2, -0.15) is 0 Å². The minimum atomic E-state index is -4.94. The molecule has 17 nitrogen and oxygen atoms in total. The number of rotatable bonds is 63. The van der Waals surface area contributed by atoms with Gasteiger partial charge in [-0.1, -0.05) is 265 Å². The molecule has 0 saturated carbocycles. The monoisotopic (exact) mass is 1200 g/mol. The number of hydrogen-bond acceptors (Lipinski definition) is 15. The second kappa shape index (κ2) is 57.2. The Balaban J connectivity index is 5.13. The second-order valence-electron chi connectivity index (χ2n) is 22.4. The van der Waals surface area contributed by atoms with Gasteiger partial charge >= 0.3 is 39.5 Å². The summed E-state index contributed by atoms with van der Waals surface area (Å²) in [4.78, 5) is 71.9. The molecule has 0 bridgehead atoms. The zero-order valence-corrected chi connectivity index (χ0v) is 53.5. The maximum absolute atomic E-state index is 12.9. The number of ether oxygens (including phenoxy) is 4. The molecule has 0 fully saturated rings.